The summed E-state index contributed by atoms with van der Waals surface area (Å²) in [6, 6.07) is 8.91. The lowest BCUT2D eigenvalue weighted by atomic mass is 10.0. The quantitative estimate of drug-likeness (QED) is 0.775. The normalized spacial score (nSPS) is 19.0. The van der Waals surface area contributed by atoms with Gasteiger partial charge in [0.2, 0.25) is 0 Å². The summed E-state index contributed by atoms with van der Waals surface area (Å²) in [6.45, 7) is 7.20. The Labute approximate surface area is 123 Å². The van der Waals surface area contributed by atoms with Gasteiger partial charge in [-0.05, 0) is 49.4 Å². The van der Waals surface area contributed by atoms with Crippen LogP contribution in [0.3, 0.4) is 0 Å². The van der Waals surface area contributed by atoms with E-state index in [9.17, 15) is 0 Å². The highest BCUT2D eigenvalue weighted by Gasteiger charge is 2.16. The molecule has 0 radical (unpaired) electrons. The predicted molar refractivity (Wildman–Crippen MR) is 85.3 cm³/mol. The van der Waals surface area contributed by atoms with Gasteiger partial charge in [0.1, 0.15) is 0 Å². The van der Waals surface area contributed by atoms with E-state index < -0.39 is 0 Å². The number of rotatable bonds is 7. The van der Waals surface area contributed by atoms with Gasteiger partial charge in [0.15, 0.2) is 0 Å². The highest BCUT2D eigenvalue weighted by Crippen LogP contribution is 2.19. The van der Waals surface area contributed by atoms with E-state index in [0.717, 1.165) is 32.8 Å². The van der Waals surface area contributed by atoms with Crippen molar-refractivity contribution < 1.29 is 4.74 Å². The largest absolute Gasteiger partial charge is 0.381 e. The number of hydrogen-bond donors (Lipinski definition) is 1. The molecular formula is C17H28N2O. The summed E-state index contributed by atoms with van der Waals surface area (Å²) in [5.41, 5.74) is 2.66. The van der Waals surface area contributed by atoms with Crippen LogP contribution in [-0.2, 0) is 11.3 Å². The van der Waals surface area contributed by atoms with E-state index >= 15 is 0 Å². The maximum absolute atomic E-state index is 5.56. The number of ether oxygens (including phenoxy) is 1. The third-order valence-electron chi connectivity index (χ3n) is 3.92. The summed E-state index contributed by atoms with van der Waals surface area (Å²) < 4.78 is 5.56. The Kier molecular flexibility index (Phi) is 6.34. The molecule has 0 saturated carbocycles. The van der Waals surface area contributed by atoms with Crippen LogP contribution >= 0.6 is 0 Å². The minimum Gasteiger partial charge on any atom is -0.381 e. The monoisotopic (exact) mass is 276 g/mol. The molecule has 1 aliphatic rings. The molecule has 0 amide bonds. The molecule has 1 atom stereocenters. The maximum atomic E-state index is 5.56. The molecule has 0 bridgehead atoms. The highest BCUT2D eigenvalue weighted by molar-refractivity contribution is 5.46. The van der Waals surface area contributed by atoms with Gasteiger partial charge in [-0.15, -0.1) is 0 Å². The van der Waals surface area contributed by atoms with Crippen LogP contribution in [0.5, 0.6) is 0 Å². The van der Waals surface area contributed by atoms with Gasteiger partial charge < -0.3 is 15.0 Å². The van der Waals surface area contributed by atoms with Crippen LogP contribution in [-0.4, -0.2) is 33.4 Å². The Bertz CT molecular complexity index is 371. The van der Waals surface area contributed by atoms with E-state index in [4.69, 9.17) is 4.74 Å². The van der Waals surface area contributed by atoms with Gasteiger partial charge in [0.05, 0.1) is 6.61 Å². The van der Waals surface area contributed by atoms with Crippen LogP contribution in [0.1, 0.15) is 31.7 Å². The fraction of sp³-hybridized carbons (Fsp3) is 0.647. The second-order valence-corrected chi connectivity index (χ2v) is 5.81. The number of hydrogen-bond acceptors (Lipinski definition) is 3. The smallest absolute Gasteiger partial charge is 0.0511 e. The maximum Gasteiger partial charge on any atom is 0.0511 e. The molecule has 1 fully saturated rings. The first-order valence-corrected chi connectivity index (χ1v) is 7.88. The number of anilines is 1. The molecular weight excluding hydrogens is 248 g/mol. The van der Waals surface area contributed by atoms with Crippen molar-refractivity contribution >= 4 is 5.69 Å². The van der Waals surface area contributed by atoms with Crippen molar-refractivity contribution in [2.45, 2.75) is 32.7 Å². The molecule has 20 heavy (non-hydrogen) atoms. The van der Waals surface area contributed by atoms with Gasteiger partial charge in [-0.3, -0.25) is 0 Å². The summed E-state index contributed by atoms with van der Waals surface area (Å²) >= 11 is 0. The number of nitrogens with one attached hydrogen (secondary N) is 1. The minimum atomic E-state index is 0.680. The Morgan fingerprint density at radius 3 is 2.75 bits per heavy atom. The molecule has 1 heterocycles. The van der Waals surface area contributed by atoms with Crippen molar-refractivity contribution in [2.24, 2.45) is 5.92 Å². The first-order valence-electron chi connectivity index (χ1n) is 7.88. The SMILES string of the molecule is CCCNCc1ccc(N(C)CC2CCCOC2)cc1. The van der Waals surface area contributed by atoms with Crippen molar-refractivity contribution in [3.63, 3.8) is 0 Å². The van der Waals surface area contributed by atoms with Crippen molar-refractivity contribution in [1.82, 2.24) is 5.32 Å². The molecule has 1 unspecified atom stereocenters. The van der Waals surface area contributed by atoms with E-state index in [1.54, 1.807) is 0 Å². The second kappa shape index (κ2) is 8.28. The van der Waals surface area contributed by atoms with Crippen LogP contribution < -0.4 is 10.2 Å². The summed E-state index contributed by atoms with van der Waals surface area (Å²) in [7, 11) is 2.18. The van der Waals surface area contributed by atoms with Crippen molar-refractivity contribution in [3.05, 3.63) is 29.8 Å². The first-order chi connectivity index (χ1) is 9.79. The molecule has 3 heteroatoms. The molecule has 0 aliphatic carbocycles. The van der Waals surface area contributed by atoms with Gasteiger partial charge in [0, 0.05) is 32.4 Å². The minimum absolute atomic E-state index is 0.680. The van der Waals surface area contributed by atoms with Gasteiger partial charge in [0.25, 0.3) is 0 Å². The molecule has 0 aromatic heterocycles. The lowest BCUT2D eigenvalue weighted by Gasteiger charge is -2.28. The van der Waals surface area contributed by atoms with E-state index in [2.05, 4.69) is 48.5 Å². The molecule has 112 valence electrons. The Morgan fingerprint density at radius 1 is 1.30 bits per heavy atom. The van der Waals surface area contributed by atoms with Gasteiger partial charge in [-0.1, -0.05) is 19.1 Å². The zero-order valence-corrected chi connectivity index (χ0v) is 12.9. The average Bonchev–Trinajstić information content (AvgIpc) is 2.49. The Morgan fingerprint density at radius 2 is 2.10 bits per heavy atom. The standard InChI is InChI=1S/C17H28N2O/c1-3-10-18-12-15-6-8-17(9-7-15)19(2)13-16-5-4-11-20-14-16/h6-9,16,18H,3-5,10-14H2,1-2H3. The second-order valence-electron chi connectivity index (χ2n) is 5.81. The topological polar surface area (TPSA) is 24.5 Å². The summed E-state index contributed by atoms with van der Waals surface area (Å²) in [5.74, 6) is 0.680. The Hall–Kier alpha value is -1.06. The van der Waals surface area contributed by atoms with Gasteiger partial charge >= 0.3 is 0 Å². The molecule has 3 nitrogen and oxygen atoms in total. The third-order valence-corrected chi connectivity index (χ3v) is 3.92. The van der Waals surface area contributed by atoms with Crippen LogP contribution in [0.2, 0.25) is 0 Å². The number of benzene rings is 1. The van der Waals surface area contributed by atoms with Crippen molar-refractivity contribution in [3.8, 4) is 0 Å². The summed E-state index contributed by atoms with van der Waals surface area (Å²) in [5, 5.41) is 3.44. The summed E-state index contributed by atoms with van der Waals surface area (Å²) in [6.07, 6.45) is 3.69. The molecule has 0 spiro atoms. The first kappa shape index (κ1) is 15.3. The fourth-order valence-corrected chi connectivity index (χ4v) is 2.72. The lowest BCUT2D eigenvalue weighted by molar-refractivity contribution is 0.0576. The summed E-state index contributed by atoms with van der Waals surface area (Å²) in [4.78, 5) is 2.35. The van der Waals surface area contributed by atoms with Crippen LogP contribution in [0.15, 0.2) is 24.3 Å². The lowest BCUT2D eigenvalue weighted by Crippen LogP contribution is -2.30. The van der Waals surface area contributed by atoms with Crippen LogP contribution in [0, 0.1) is 5.92 Å². The highest BCUT2D eigenvalue weighted by atomic mass is 16.5. The number of nitrogens with zero attached hydrogens (tertiary/aromatic N) is 1. The molecule has 1 aromatic rings. The zero-order valence-electron chi connectivity index (χ0n) is 12.9. The van der Waals surface area contributed by atoms with Gasteiger partial charge in [-0.25, -0.2) is 0 Å². The fourth-order valence-electron chi connectivity index (χ4n) is 2.72. The molecule has 1 aromatic carbocycles. The zero-order chi connectivity index (χ0) is 14.2. The van der Waals surface area contributed by atoms with Crippen LogP contribution in [0.4, 0.5) is 5.69 Å². The van der Waals surface area contributed by atoms with Gasteiger partial charge in [-0.2, -0.15) is 0 Å². The van der Waals surface area contributed by atoms with E-state index in [1.165, 1.54) is 30.5 Å². The van der Waals surface area contributed by atoms with Crippen LogP contribution in [0.25, 0.3) is 0 Å². The molecule has 1 saturated heterocycles. The molecule has 2 rings (SSSR count). The average molecular weight is 276 g/mol. The molecule has 1 N–H and O–H groups in total. The van der Waals surface area contributed by atoms with E-state index in [0.29, 0.717) is 5.92 Å². The van der Waals surface area contributed by atoms with Crippen molar-refractivity contribution in [2.75, 3.05) is 38.3 Å². The third kappa shape index (κ3) is 4.80. The van der Waals surface area contributed by atoms with E-state index in [-0.39, 0.29) is 0 Å². The van der Waals surface area contributed by atoms with Crippen molar-refractivity contribution in [1.29, 1.82) is 0 Å². The molecule has 1 aliphatic heterocycles. The predicted octanol–water partition coefficient (Wildman–Crippen LogP) is 3.05. The Balaban J connectivity index is 1.81. The van der Waals surface area contributed by atoms with E-state index in [1.807, 2.05) is 0 Å².